The smallest absolute Gasteiger partial charge is 0.146 e. The van der Waals surface area contributed by atoms with Gasteiger partial charge in [-0.15, -0.1) is 10.2 Å². The van der Waals surface area contributed by atoms with Gasteiger partial charge in [0.15, 0.2) is 0 Å². The van der Waals surface area contributed by atoms with Crippen LogP contribution >= 0.6 is 0 Å². The van der Waals surface area contributed by atoms with Crippen LogP contribution in [0, 0.1) is 51.2 Å². The van der Waals surface area contributed by atoms with Gasteiger partial charge in [0.1, 0.15) is 19.8 Å². The van der Waals surface area contributed by atoms with E-state index in [2.05, 4.69) is 17.8 Å². The van der Waals surface area contributed by atoms with Gasteiger partial charge in [0, 0.05) is 5.92 Å². The molecule has 130 valence electrons. The van der Waals surface area contributed by atoms with Crippen molar-refractivity contribution in [3.8, 4) is 0 Å². The van der Waals surface area contributed by atoms with Gasteiger partial charge in [-0.05, 0) is 68.1 Å². The first-order chi connectivity index (χ1) is 10.8. The molecule has 0 aromatic carbocycles. The van der Waals surface area contributed by atoms with E-state index < -0.39 is 10.2 Å². The minimum absolute atomic E-state index is 0.667. The molecular formula is C17H26ClNO4. The van der Waals surface area contributed by atoms with E-state index in [1.165, 1.54) is 6.54 Å². The van der Waals surface area contributed by atoms with Crippen molar-refractivity contribution >= 4 is 6.21 Å². The Bertz CT molecular complexity index is 513. The fourth-order valence-electron chi connectivity index (χ4n) is 7.37. The van der Waals surface area contributed by atoms with Crippen molar-refractivity contribution in [2.45, 2.75) is 44.9 Å². The third kappa shape index (κ3) is 2.74. The van der Waals surface area contributed by atoms with Crippen LogP contribution in [0.1, 0.15) is 44.9 Å². The standard InChI is InChI=1S/C17H26N.ClHO4/c1-18-9-15-12-3-4-13(7-12)16(15)17(10-18)8-11-2-5-14(17)6-11;2-1(3,4)5/h10-16H,2-9H2,1H3;(H,2,3,4,5)/q+1;/p-1. The molecule has 6 heteroatoms. The highest BCUT2D eigenvalue weighted by Crippen LogP contribution is 2.68. The average molecular weight is 344 g/mol. The van der Waals surface area contributed by atoms with Crippen molar-refractivity contribution in [2.24, 2.45) is 40.9 Å². The third-order valence-electron chi connectivity index (χ3n) is 7.61. The van der Waals surface area contributed by atoms with Gasteiger partial charge in [-0.25, -0.2) is 23.2 Å². The lowest BCUT2D eigenvalue weighted by molar-refractivity contribution is -2.00. The average Bonchev–Trinajstić information content (AvgIpc) is 3.15. The molecule has 1 heterocycles. The van der Waals surface area contributed by atoms with E-state index in [1.54, 1.807) is 44.9 Å². The maximum absolute atomic E-state index is 8.49. The maximum atomic E-state index is 8.49. The highest BCUT2D eigenvalue weighted by atomic mass is 35.7. The van der Waals surface area contributed by atoms with E-state index in [0.717, 1.165) is 35.5 Å². The van der Waals surface area contributed by atoms with Crippen molar-refractivity contribution in [1.82, 2.24) is 0 Å². The van der Waals surface area contributed by atoms with Crippen LogP contribution in [0.3, 0.4) is 0 Å². The Morgan fingerprint density at radius 1 is 1.00 bits per heavy atom. The van der Waals surface area contributed by atoms with E-state index in [0.29, 0.717) is 5.41 Å². The molecular weight excluding hydrogens is 318 g/mol. The van der Waals surface area contributed by atoms with Crippen LogP contribution in [-0.2, 0) is 0 Å². The van der Waals surface area contributed by atoms with Crippen molar-refractivity contribution in [3.05, 3.63) is 0 Å². The molecule has 5 nitrogen and oxygen atoms in total. The fraction of sp³-hybridized carbons (Fsp3) is 0.941. The first-order valence-corrected chi connectivity index (χ1v) is 10.2. The normalized spacial score (nSPS) is 49.9. The summed E-state index contributed by atoms with van der Waals surface area (Å²) in [5, 5.41) is 0. The van der Waals surface area contributed by atoms with E-state index in [4.69, 9.17) is 18.6 Å². The molecule has 4 bridgehead atoms. The molecule has 5 rings (SSSR count). The van der Waals surface area contributed by atoms with E-state index >= 15 is 0 Å². The van der Waals surface area contributed by atoms with Crippen LogP contribution in [0.5, 0.6) is 0 Å². The van der Waals surface area contributed by atoms with Crippen LogP contribution in [0.25, 0.3) is 0 Å². The molecule has 4 saturated carbocycles. The molecule has 0 aromatic heterocycles. The summed E-state index contributed by atoms with van der Waals surface area (Å²) >= 11 is 0. The maximum Gasteiger partial charge on any atom is 0.146 e. The van der Waals surface area contributed by atoms with Gasteiger partial charge in [-0.2, -0.15) is 0 Å². The summed E-state index contributed by atoms with van der Waals surface area (Å²) in [7, 11) is -2.59. The molecule has 4 aliphatic carbocycles. The van der Waals surface area contributed by atoms with Gasteiger partial charge in [0.2, 0.25) is 0 Å². The summed E-state index contributed by atoms with van der Waals surface area (Å²) in [6.45, 7) is 1.38. The van der Waals surface area contributed by atoms with Crippen molar-refractivity contribution < 1.29 is 33.5 Å². The summed E-state index contributed by atoms with van der Waals surface area (Å²) in [5.41, 5.74) is 0.667. The second-order valence-electron chi connectivity index (χ2n) is 8.66. The number of halogens is 1. The van der Waals surface area contributed by atoms with Crippen LogP contribution in [0.2, 0.25) is 0 Å². The van der Waals surface area contributed by atoms with Crippen LogP contribution in [-0.4, -0.2) is 24.4 Å². The summed E-state index contributed by atoms with van der Waals surface area (Å²) in [6.07, 6.45) is 13.7. The van der Waals surface area contributed by atoms with Crippen molar-refractivity contribution in [1.29, 1.82) is 0 Å². The molecule has 7 unspecified atom stereocenters. The number of nitrogens with zero attached hydrogens (tertiary/aromatic N) is 1. The molecule has 7 atom stereocenters. The van der Waals surface area contributed by atoms with E-state index in [9.17, 15) is 0 Å². The number of hydrogen-bond donors (Lipinski definition) is 0. The fourth-order valence-corrected chi connectivity index (χ4v) is 7.37. The van der Waals surface area contributed by atoms with E-state index in [-0.39, 0.29) is 0 Å². The van der Waals surface area contributed by atoms with Gasteiger partial charge >= 0.3 is 0 Å². The topological polar surface area (TPSA) is 95.2 Å². The highest BCUT2D eigenvalue weighted by molar-refractivity contribution is 5.64. The Labute approximate surface area is 139 Å². The van der Waals surface area contributed by atoms with Crippen molar-refractivity contribution in [2.75, 3.05) is 13.6 Å². The number of hydrogen-bond acceptors (Lipinski definition) is 4. The molecule has 0 N–H and O–H groups in total. The molecule has 5 aliphatic rings. The number of rotatable bonds is 0. The largest absolute Gasteiger partial charge is 0.241 e. The zero-order chi connectivity index (χ0) is 16.4. The van der Waals surface area contributed by atoms with Crippen LogP contribution in [0.4, 0.5) is 0 Å². The molecule has 0 saturated heterocycles. The molecule has 4 fully saturated rings. The zero-order valence-corrected chi connectivity index (χ0v) is 14.4. The Kier molecular flexibility index (Phi) is 3.82. The van der Waals surface area contributed by atoms with Gasteiger partial charge in [0.25, 0.3) is 0 Å². The summed E-state index contributed by atoms with van der Waals surface area (Å²) in [4.78, 5) is 0. The first-order valence-electron chi connectivity index (χ1n) is 8.94. The molecule has 1 spiro atoms. The highest BCUT2D eigenvalue weighted by Gasteiger charge is 2.65. The Balaban J connectivity index is 0.000000240. The van der Waals surface area contributed by atoms with E-state index in [1.807, 2.05) is 0 Å². The van der Waals surface area contributed by atoms with Gasteiger partial charge in [-0.1, -0.05) is 6.42 Å². The molecule has 0 amide bonds. The van der Waals surface area contributed by atoms with Crippen LogP contribution in [0.15, 0.2) is 0 Å². The third-order valence-corrected chi connectivity index (χ3v) is 7.61. The predicted octanol–water partition coefficient (Wildman–Crippen LogP) is -1.57. The summed E-state index contributed by atoms with van der Waals surface area (Å²) in [6, 6.07) is 0. The Hall–Kier alpha value is -0.200. The second kappa shape index (κ2) is 5.40. The SMILES string of the molecule is C[N+]1=CC2(CC3CCC2C3)C2C3CCC(C3)C2C1.[O-][Cl+3]([O-])([O-])[O-]. The molecule has 0 aromatic rings. The lowest BCUT2D eigenvalue weighted by Gasteiger charge is -2.47. The van der Waals surface area contributed by atoms with Crippen molar-refractivity contribution in [3.63, 3.8) is 0 Å². The lowest BCUT2D eigenvalue weighted by Crippen LogP contribution is -2.68. The first kappa shape index (κ1) is 16.3. The summed E-state index contributed by atoms with van der Waals surface area (Å²) in [5.74, 6) is 6.55. The number of fused-ring (bicyclic) bond motifs is 9. The summed E-state index contributed by atoms with van der Waals surface area (Å²) < 4.78 is 36.6. The van der Waals surface area contributed by atoms with Crippen LogP contribution < -0.4 is 18.6 Å². The lowest BCUT2D eigenvalue weighted by atomic mass is 9.56. The van der Waals surface area contributed by atoms with Gasteiger partial charge in [0.05, 0.1) is 5.41 Å². The van der Waals surface area contributed by atoms with Gasteiger partial charge in [-0.3, -0.25) is 0 Å². The predicted molar refractivity (Wildman–Crippen MR) is 72.8 cm³/mol. The zero-order valence-electron chi connectivity index (χ0n) is 13.7. The molecule has 23 heavy (non-hydrogen) atoms. The second-order valence-corrected chi connectivity index (χ2v) is 9.42. The molecule has 0 radical (unpaired) electrons. The monoisotopic (exact) mass is 343 g/mol. The minimum atomic E-state index is -4.94. The minimum Gasteiger partial charge on any atom is -0.241 e. The Morgan fingerprint density at radius 3 is 2.30 bits per heavy atom. The molecule has 1 aliphatic heterocycles. The Morgan fingerprint density at radius 2 is 1.70 bits per heavy atom. The van der Waals surface area contributed by atoms with Gasteiger partial charge < -0.3 is 0 Å². The quantitative estimate of drug-likeness (QED) is 0.496.